The maximum atomic E-state index is 13.3. The molecule has 0 spiro atoms. The number of anilines is 3. The summed E-state index contributed by atoms with van der Waals surface area (Å²) in [4.78, 5) is 74.4. The number of aryl methyl sites for hydroxylation is 1. The van der Waals surface area contributed by atoms with Crippen LogP contribution in [0.1, 0.15) is 146 Å². The number of aromatic nitrogens is 9. The van der Waals surface area contributed by atoms with Gasteiger partial charge in [-0.3, -0.25) is 19.2 Å². The minimum absolute atomic E-state index is 0.100. The second kappa shape index (κ2) is 42.2. The van der Waals surface area contributed by atoms with Crippen LogP contribution in [-0.4, -0.2) is 225 Å². The molecule has 3 aromatic rings. The summed E-state index contributed by atoms with van der Waals surface area (Å²) in [6.07, 6.45) is 30.0. The first-order valence-electron chi connectivity index (χ1n) is 30.9. The first-order chi connectivity index (χ1) is 41.1. The number of aliphatic hydroxyl groups excluding tert-OH is 2. The van der Waals surface area contributed by atoms with Gasteiger partial charge in [-0.1, -0.05) is 93.4 Å². The summed E-state index contributed by atoms with van der Waals surface area (Å²) in [7, 11) is 0. The average molecular weight is 1200 g/mol. The molecular weight excluding hydrogens is 1100 g/mol. The van der Waals surface area contributed by atoms with Crippen LogP contribution >= 0.6 is 11.8 Å². The SMILES string of the molecule is C#CCOCCOCCOCCNc1nc(N2CCN(C(=O)CCCCCCCCCCNC(=O)Cn3cc(CC(C)O)nn3)CC2)nc(N2CCN(C(=O)CCCCCCCCCCNC(=O)C(CO)n3cc(CCCSC)nn3)CC2)n1. The minimum atomic E-state index is -0.775. The van der Waals surface area contributed by atoms with E-state index in [2.05, 4.69) is 58.6 Å². The third kappa shape index (κ3) is 28.0. The molecule has 2 aliphatic rings. The van der Waals surface area contributed by atoms with Gasteiger partial charge >= 0.3 is 0 Å². The minimum Gasteiger partial charge on any atom is -0.394 e. The number of unbranched alkanes of at least 4 members (excludes halogenated alkanes) is 14. The molecule has 0 bridgehead atoms. The Labute approximate surface area is 502 Å². The third-order valence-corrected chi connectivity index (χ3v) is 15.4. The van der Waals surface area contributed by atoms with Crippen molar-refractivity contribution in [2.45, 2.75) is 160 Å². The largest absolute Gasteiger partial charge is 0.394 e. The lowest BCUT2D eigenvalue weighted by Crippen LogP contribution is -2.50. The van der Waals surface area contributed by atoms with E-state index in [0.29, 0.717) is 148 Å². The van der Waals surface area contributed by atoms with E-state index in [0.717, 1.165) is 127 Å². The molecule has 5 N–H and O–H groups in total. The van der Waals surface area contributed by atoms with Gasteiger partial charge in [-0.25, -0.2) is 9.36 Å². The maximum Gasteiger partial charge on any atom is 0.247 e. The molecular formula is C58H98N16O9S. The van der Waals surface area contributed by atoms with E-state index < -0.39 is 12.1 Å². The summed E-state index contributed by atoms with van der Waals surface area (Å²) in [6, 6.07) is -0.775. The molecule has 2 aliphatic heterocycles. The van der Waals surface area contributed by atoms with E-state index in [4.69, 9.17) is 35.6 Å². The first kappa shape index (κ1) is 69.1. The van der Waals surface area contributed by atoms with E-state index in [1.807, 2.05) is 9.80 Å². The van der Waals surface area contributed by atoms with Crippen molar-refractivity contribution in [1.82, 2.24) is 65.4 Å². The molecule has 26 heteroatoms. The van der Waals surface area contributed by atoms with Gasteiger partial charge in [0.25, 0.3) is 0 Å². The zero-order valence-electron chi connectivity index (χ0n) is 50.4. The zero-order valence-corrected chi connectivity index (χ0v) is 51.2. The van der Waals surface area contributed by atoms with Gasteiger partial charge in [0.2, 0.25) is 41.5 Å². The van der Waals surface area contributed by atoms with Gasteiger partial charge in [0, 0.05) is 104 Å². The van der Waals surface area contributed by atoms with Crippen LogP contribution in [0.3, 0.4) is 0 Å². The van der Waals surface area contributed by atoms with Crippen molar-refractivity contribution in [2.75, 3.05) is 145 Å². The van der Waals surface area contributed by atoms with Gasteiger partial charge in [-0.15, -0.1) is 16.6 Å². The molecule has 84 heavy (non-hydrogen) atoms. The number of rotatable bonds is 46. The Bertz CT molecular complexity index is 2340. The molecule has 0 saturated carbocycles. The lowest BCUT2D eigenvalue weighted by atomic mass is 10.1. The number of nitrogens with one attached hydrogen (secondary N) is 3. The maximum absolute atomic E-state index is 13.3. The number of piperazine rings is 2. The van der Waals surface area contributed by atoms with Crippen LogP contribution in [0, 0.1) is 12.3 Å². The predicted octanol–water partition coefficient (Wildman–Crippen LogP) is 3.85. The lowest BCUT2D eigenvalue weighted by molar-refractivity contribution is -0.132. The Kier molecular flexibility index (Phi) is 34.7. The summed E-state index contributed by atoms with van der Waals surface area (Å²) in [6.45, 7) is 10.3. The Morgan fingerprint density at radius 3 is 1.71 bits per heavy atom. The number of thioether (sulfide) groups is 1. The molecule has 2 saturated heterocycles. The molecule has 3 aromatic heterocycles. The van der Waals surface area contributed by atoms with Gasteiger partial charge in [-0.05, 0) is 57.5 Å². The van der Waals surface area contributed by atoms with Crippen LogP contribution in [0.4, 0.5) is 17.8 Å². The molecule has 470 valence electrons. The van der Waals surface area contributed by atoms with Crippen molar-refractivity contribution in [3.8, 4) is 12.3 Å². The van der Waals surface area contributed by atoms with Crippen LogP contribution in [0.25, 0.3) is 0 Å². The molecule has 2 unspecified atom stereocenters. The monoisotopic (exact) mass is 1190 g/mol. The number of carbonyl (C=O) groups is 4. The highest BCUT2D eigenvalue weighted by Crippen LogP contribution is 2.22. The fourth-order valence-electron chi connectivity index (χ4n) is 9.91. The number of hydrogen-bond donors (Lipinski definition) is 5. The molecule has 5 heterocycles. The highest BCUT2D eigenvalue weighted by atomic mass is 32.2. The van der Waals surface area contributed by atoms with Gasteiger partial charge < -0.3 is 60.0 Å². The number of nitrogens with zero attached hydrogens (tertiary/aromatic N) is 13. The van der Waals surface area contributed by atoms with E-state index in [9.17, 15) is 29.4 Å². The van der Waals surface area contributed by atoms with Gasteiger partial charge in [-0.2, -0.15) is 26.7 Å². The number of carbonyl (C=O) groups excluding carboxylic acids is 4. The smallest absolute Gasteiger partial charge is 0.247 e. The van der Waals surface area contributed by atoms with Crippen molar-refractivity contribution in [3.63, 3.8) is 0 Å². The second-order valence-electron chi connectivity index (χ2n) is 21.6. The van der Waals surface area contributed by atoms with Gasteiger partial charge in [0.1, 0.15) is 13.2 Å². The fraction of sp³-hybridized carbons (Fsp3) is 0.776. The standard InChI is InChI=1S/C58H98N16O9S/c1-4-36-81-38-40-83-41-39-82-37-27-61-56-62-57(71-32-28-69(29-33-71)53(78)23-17-13-9-5-7-11-15-19-25-59-52(77)46-73-44-50(66-67-73)43-48(2)76)64-58(63-56)72-34-30-70(31-35-72)54(79)24-18-14-10-6-8-12-16-20-26-60-55(80)51(47-75)74-45-49(65-68-74)22-21-42-84-3/h1,44-45,48,51,75-76H,5-43,46-47H2,2-3H3,(H,59,77)(H,60,80)(H,61,62,63,64). The summed E-state index contributed by atoms with van der Waals surface area (Å²) < 4.78 is 19.5. The van der Waals surface area contributed by atoms with Crippen LogP contribution < -0.4 is 25.8 Å². The number of amides is 4. The van der Waals surface area contributed by atoms with Crippen LogP contribution in [0.2, 0.25) is 0 Å². The Hall–Kier alpha value is -5.72. The molecule has 2 fully saturated rings. The third-order valence-electron chi connectivity index (χ3n) is 14.7. The normalized spacial score (nSPS) is 14.4. The highest BCUT2D eigenvalue weighted by Gasteiger charge is 2.27. The fourth-order valence-corrected chi connectivity index (χ4v) is 10.3. The van der Waals surface area contributed by atoms with E-state index in [1.54, 1.807) is 31.1 Å². The summed E-state index contributed by atoms with van der Waals surface area (Å²) >= 11 is 1.78. The summed E-state index contributed by atoms with van der Waals surface area (Å²) in [5.41, 5.74) is 1.49. The molecule has 4 amide bonds. The summed E-state index contributed by atoms with van der Waals surface area (Å²) in [5.74, 6) is 5.04. The number of terminal acetylenes is 1. The highest BCUT2D eigenvalue weighted by molar-refractivity contribution is 7.98. The Balaban J connectivity index is 0.941. The molecule has 0 aromatic carbocycles. The molecule has 25 nitrogen and oxygen atoms in total. The van der Waals surface area contributed by atoms with Crippen LogP contribution in [-0.2, 0) is 52.8 Å². The van der Waals surface area contributed by atoms with Crippen molar-refractivity contribution in [1.29, 1.82) is 0 Å². The van der Waals surface area contributed by atoms with Crippen molar-refractivity contribution in [2.24, 2.45) is 0 Å². The molecule has 2 atom stereocenters. The van der Waals surface area contributed by atoms with E-state index in [1.165, 1.54) is 9.36 Å². The topological polar surface area (TPSA) is 286 Å². The van der Waals surface area contributed by atoms with Gasteiger partial charge in [0.05, 0.1) is 57.1 Å². The Morgan fingerprint density at radius 1 is 0.643 bits per heavy atom. The number of hydrogen-bond acceptors (Lipinski definition) is 20. The molecule has 0 radical (unpaired) electrons. The quantitative estimate of drug-likeness (QED) is 0.0397. The average Bonchev–Trinajstić information content (AvgIpc) is 3.74. The first-order valence-corrected chi connectivity index (χ1v) is 32.3. The van der Waals surface area contributed by atoms with E-state index >= 15 is 0 Å². The number of ether oxygens (including phenoxy) is 3. The van der Waals surface area contributed by atoms with Crippen LogP contribution in [0.5, 0.6) is 0 Å². The number of aliphatic hydroxyl groups is 2. The van der Waals surface area contributed by atoms with Crippen molar-refractivity contribution in [3.05, 3.63) is 23.8 Å². The van der Waals surface area contributed by atoms with Crippen LogP contribution in [0.15, 0.2) is 12.4 Å². The zero-order chi connectivity index (χ0) is 59.8. The Morgan fingerprint density at radius 2 is 1.17 bits per heavy atom. The second-order valence-corrected chi connectivity index (χ2v) is 22.6. The summed E-state index contributed by atoms with van der Waals surface area (Å²) in [5, 5.41) is 44.8. The molecule has 5 rings (SSSR count). The van der Waals surface area contributed by atoms with Gasteiger partial charge in [0.15, 0.2) is 6.04 Å². The van der Waals surface area contributed by atoms with E-state index in [-0.39, 0.29) is 43.4 Å². The molecule has 0 aliphatic carbocycles. The van der Waals surface area contributed by atoms with Crippen molar-refractivity contribution >= 4 is 53.2 Å². The lowest BCUT2D eigenvalue weighted by Gasteiger charge is -2.36. The van der Waals surface area contributed by atoms with Crippen molar-refractivity contribution < 1.29 is 43.6 Å². The predicted molar refractivity (Wildman–Crippen MR) is 325 cm³/mol.